The van der Waals surface area contributed by atoms with Crippen molar-refractivity contribution in [2.45, 2.75) is 12.1 Å². The number of halogens is 1. The van der Waals surface area contributed by atoms with Gasteiger partial charge in [-0.15, -0.1) is 0 Å². The summed E-state index contributed by atoms with van der Waals surface area (Å²) in [6.07, 6.45) is 1.39. The van der Waals surface area contributed by atoms with E-state index < -0.39 is 11.9 Å². The van der Waals surface area contributed by atoms with Crippen LogP contribution in [0.3, 0.4) is 0 Å². The standard InChI is InChI=1S/C27H23ClN4O6S/c1-16(33)38-25-22(36-2)12-17(13-23(25)37-3)14-29-31-24(34)15-39-27-30-21-7-5-4-6-20(21)26(35)32(27)19-10-8-18(28)9-11-19/h4-14H,15H2,1-3H3,(H,31,34)/b29-14+. The van der Waals surface area contributed by atoms with Crippen molar-refractivity contribution in [3.05, 3.63) is 81.6 Å². The maximum Gasteiger partial charge on any atom is 0.308 e. The lowest BCUT2D eigenvalue weighted by Crippen LogP contribution is -2.24. The van der Waals surface area contributed by atoms with Gasteiger partial charge in [0.15, 0.2) is 16.7 Å². The molecule has 10 nitrogen and oxygen atoms in total. The molecule has 39 heavy (non-hydrogen) atoms. The minimum absolute atomic E-state index is 0.0618. The van der Waals surface area contributed by atoms with Crippen molar-refractivity contribution in [2.24, 2.45) is 5.10 Å². The van der Waals surface area contributed by atoms with Crippen LogP contribution in [0.25, 0.3) is 16.6 Å². The van der Waals surface area contributed by atoms with Gasteiger partial charge in [-0.05, 0) is 48.5 Å². The number of hydrogen-bond donors (Lipinski definition) is 1. The second kappa shape index (κ2) is 12.5. The second-order valence-electron chi connectivity index (χ2n) is 7.96. The third-order valence-corrected chi connectivity index (χ3v) is 6.48. The van der Waals surface area contributed by atoms with E-state index in [4.69, 9.17) is 25.8 Å². The van der Waals surface area contributed by atoms with Gasteiger partial charge in [0, 0.05) is 17.5 Å². The lowest BCUT2D eigenvalue weighted by molar-refractivity contribution is -0.132. The summed E-state index contributed by atoms with van der Waals surface area (Å²) in [5.74, 6) is -0.351. The van der Waals surface area contributed by atoms with E-state index >= 15 is 0 Å². The topological polar surface area (TPSA) is 121 Å². The van der Waals surface area contributed by atoms with Crippen molar-refractivity contribution in [1.82, 2.24) is 15.0 Å². The fourth-order valence-electron chi connectivity index (χ4n) is 3.59. The van der Waals surface area contributed by atoms with Crippen LogP contribution in [-0.4, -0.2) is 47.6 Å². The minimum atomic E-state index is -0.528. The molecular formula is C27H23ClN4O6S. The van der Waals surface area contributed by atoms with E-state index in [1.807, 2.05) is 0 Å². The first-order valence-electron chi connectivity index (χ1n) is 11.5. The Bertz CT molecular complexity index is 1600. The number of fused-ring (bicyclic) bond motifs is 1. The Balaban J connectivity index is 1.52. The molecule has 0 radical (unpaired) electrons. The number of carbonyl (C=O) groups is 2. The zero-order valence-electron chi connectivity index (χ0n) is 21.1. The summed E-state index contributed by atoms with van der Waals surface area (Å²) in [5.41, 5.74) is 3.81. The first-order chi connectivity index (χ1) is 18.8. The van der Waals surface area contributed by atoms with Gasteiger partial charge in [-0.25, -0.2) is 10.4 Å². The zero-order valence-corrected chi connectivity index (χ0v) is 22.7. The lowest BCUT2D eigenvalue weighted by atomic mass is 10.2. The van der Waals surface area contributed by atoms with Crippen LogP contribution in [-0.2, 0) is 9.59 Å². The number of esters is 1. The summed E-state index contributed by atoms with van der Waals surface area (Å²) in [7, 11) is 2.85. The van der Waals surface area contributed by atoms with E-state index in [1.54, 1.807) is 60.7 Å². The zero-order chi connectivity index (χ0) is 27.9. The fourth-order valence-corrected chi connectivity index (χ4v) is 4.52. The van der Waals surface area contributed by atoms with Gasteiger partial charge in [0.05, 0.1) is 42.8 Å². The van der Waals surface area contributed by atoms with Crippen LogP contribution in [0, 0.1) is 0 Å². The van der Waals surface area contributed by atoms with Gasteiger partial charge >= 0.3 is 5.97 Å². The van der Waals surface area contributed by atoms with E-state index in [-0.39, 0.29) is 28.6 Å². The quantitative estimate of drug-likeness (QED) is 0.0798. The molecular weight excluding hydrogens is 544 g/mol. The van der Waals surface area contributed by atoms with E-state index in [9.17, 15) is 14.4 Å². The number of para-hydroxylation sites is 1. The molecule has 0 aliphatic rings. The predicted molar refractivity (Wildman–Crippen MR) is 150 cm³/mol. The van der Waals surface area contributed by atoms with E-state index in [0.717, 1.165) is 11.8 Å². The normalized spacial score (nSPS) is 11.0. The van der Waals surface area contributed by atoms with E-state index in [1.165, 1.54) is 31.9 Å². The Hall–Kier alpha value is -4.35. The van der Waals surface area contributed by atoms with Gasteiger partial charge in [-0.2, -0.15) is 5.10 Å². The second-order valence-corrected chi connectivity index (χ2v) is 9.34. The number of benzene rings is 3. The van der Waals surface area contributed by atoms with Crippen molar-refractivity contribution in [3.8, 4) is 22.9 Å². The molecule has 4 rings (SSSR count). The molecule has 4 aromatic rings. The number of hydrogen-bond acceptors (Lipinski definition) is 9. The van der Waals surface area contributed by atoms with E-state index in [0.29, 0.717) is 32.3 Å². The number of methoxy groups -OCH3 is 2. The number of nitrogens with one attached hydrogen (secondary N) is 1. The summed E-state index contributed by atoms with van der Waals surface area (Å²) >= 11 is 7.12. The molecule has 0 saturated heterocycles. The van der Waals surface area contributed by atoms with Crippen molar-refractivity contribution < 1.29 is 23.8 Å². The Morgan fingerprint density at radius 1 is 1.08 bits per heavy atom. The van der Waals surface area contributed by atoms with Crippen molar-refractivity contribution >= 4 is 52.4 Å². The molecule has 0 bridgehead atoms. The molecule has 0 aliphatic heterocycles. The summed E-state index contributed by atoms with van der Waals surface area (Å²) in [6, 6.07) is 16.9. The minimum Gasteiger partial charge on any atom is -0.493 e. The number of carbonyl (C=O) groups excluding carboxylic acids is 2. The Morgan fingerprint density at radius 2 is 1.74 bits per heavy atom. The summed E-state index contributed by atoms with van der Waals surface area (Å²) in [6.45, 7) is 1.27. The third kappa shape index (κ3) is 6.57. The Kier molecular flexibility index (Phi) is 8.84. The van der Waals surface area contributed by atoms with Crippen LogP contribution >= 0.6 is 23.4 Å². The maximum absolute atomic E-state index is 13.3. The van der Waals surface area contributed by atoms with Crippen LogP contribution in [0.1, 0.15) is 12.5 Å². The molecule has 1 amide bonds. The number of hydrazone groups is 1. The number of thioether (sulfide) groups is 1. The first kappa shape index (κ1) is 27.7. The lowest BCUT2D eigenvalue weighted by Gasteiger charge is -2.13. The van der Waals surface area contributed by atoms with Crippen LogP contribution in [0.2, 0.25) is 5.02 Å². The van der Waals surface area contributed by atoms with Crippen molar-refractivity contribution in [1.29, 1.82) is 0 Å². The highest BCUT2D eigenvalue weighted by Crippen LogP contribution is 2.38. The van der Waals surface area contributed by atoms with Gasteiger partial charge in [0.1, 0.15) is 0 Å². The molecule has 200 valence electrons. The fraction of sp³-hybridized carbons (Fsp3) is 0.148. The molecule has 1 heterocycles. The highest BCUT2D eigenvalue weighted by Gasteiger charge is 2.17. The Morgan fingerprint density at radius 3 is 2.38 bits per heavy atom. The van der Waals surface area contributed by atoms with Crippen LogP contribution in [0.5, 0.6) is 17.2 Å². The smallest absolute Gasteiger partial charge is 0.308 e. The molecule has 0 aliphatic carbocycles. The number of ether oxygens (including phenoxy) is 3. The van der Waals surface area contributed by atoms with Gasteiger partial charge in [0.25, 0.3) is 11.5 Å². The molecule has 1 aromatic heterocycles. The van der Waals surface area contributed by atoms with Crippen LogP contribution in [0.15, 0.2) is 75.7 Å². The summed E-state index contributed by atoms with van der Waals surface area (Å²) < 4.78 is 17.2. The summed E-state index contributed by atoms with van der Waals surface area (Å²) in [4.78, 5) is 41.9. The summed E-state index contributed by atoms with van der Waals surface area (Å²) in [5, 5.41) is 5.32. The van der Waals surface area contributed by atoms with Gasteiger partial charge < -0.3 is 14.2 Å². The molecule has 0 atom stereocenters. The first-order valence-corrected chi connectivity index (χ1v) is 12.8. The number of nitrogens with zero attached hydrogens (tertiary/aromatic N) is 3. The average molecular weight is 567 g/mol. The molecule has 12 heteroatoms. The van der Waals surface area contributed by atoms with Gasteiger partial charge in [0.2, 0.25) is 5.75 Å². The molecule has 0 saturated carbocycles. The van der Waals surface area contributed by atoms with Gasteiger partial charge in [-0.3, -0.25) is 19.0 Å². The van der Waals surface area contributed by atoms with Crippen LogP contribution in [0.4, 0.5) is 0 Å². The van der Waals surface area contributed by atoms with Crippen LogP contribution < -0.4 is 25.2 Å². The average Bonchev–Trinajstić information content (AvgIpc) is 2.93. The van der Waals surface area contributed by atoms with Gasteiger partial charge in [-0.1, -0.05) is 35.5 Å². The molecule has 0 spiro atoms. The largest absolute Gasteiger partial charge is 0.493 e. The maximum atomic E-state index is 13.3. The molecule has 0 unspecified atom stereocenters. The highest BCUT2D eigenvalue weighted by molar-refractivity contribution is 7.99. The SMILES string of the molecule is COc1cc(/C=N/NC(=O)CSc2nc3ccccc3c(=O)n2-c2ccc(Cl)cc2)cc(OC)c1OC(C)=O. The number of rotatable bonds is 9. The molecule has 0 fully saturated rings. The molecule has 3 aromatic carbocycles. The molecule has 1 N–H and O–H groups in total. The third-order valence-electron chi connectivity index (χ3n) is 5.29. The van der Waals surface area contributed by atoms with Crippen molar-refractivity contribution in [2.75, 3.05) is 20.0 Å². The monoisotopic (exact) mass is 566 g/mol. The Labute approximate surface area is 232 Å². The van der Waals surface area contributed by atoms with E-state index in [2.05, 4.69) is 15.5 Å². The number of amides is 1. The van der Waals surface area contributed by atoms with Crippen molar-refractivity contribution in [3.63, 3.8) is 0 Å². The predicted octanol–water partition coefficient (Wildman–Crippen LogP) is 4.22. The highest BCUT2D eigenvalue weighted by atomic mass is 35.5. The number of aromatic nitrogens is 2.